The SMILES string of the molecule is COc1cc2occ(-c3ccc(Cl)cc3)c2cc1/C(C)=C/C(=O)NC(C)C. The molecule has 0 bridgehead atoms. The zero-order chi connectivity index (χ0) is 19.6. The quantitative estimate of drug-likeness (QED) is 0.576. The molecule has 0 fully saturated rings. The topological polar surface area (TPSA) is 51.5 Å². The molecule has 0 atom stereocenters. The van der Waals surface area contributed by atoms with Crippen LogP contribution in [0.25, 0.3) is 27.7 Å². The molecule has 0 unspecified atom stereocenters. The van der Waals surface area contributed by atoms with Gasteiger partial charge in [0.1, 0.15) is 11.3 Å². The molecule has 27 heavy (non-hydrogen) atoms. The van der Waals surface area contributed by atoms with Crippen LogP contribution in [0.4, 0.5) is 0 Å². The Morgan fingerprint density at radius 1 is 1.22 bits per heavy atom. The van der Waals surface area contributed by atoms with Crippen molar-refractivity contribution in [3.63, 3.8) is 0 Å². The monoisotopic (exact) mass is 383 g/mol. The van der Waals surface area contributed by atoms with Gasteiger partial charge in [-0.3, -0.25) is 4.79 Å². The molecule has 0 saturated carbocycles. The molecular formula is C22H22ClNO3. The number of benzene rings is 2. The van der Waals surface area contributed by atoms with Crippen molar-refractivity contribution in [2.45, 2.75) is 26.8 Å². The molecule has 3 rings (SSSR count). The molecule has 140 valence electrons. The number of fused-ring (bicyclic) bond motifs is 1. The van der Waals surface area contributed by atoms with Gasteiger partial charge in [0.2, 0.25) is 5.91 Å². The lowest BCUT2D eigenvalue weighted by atomic mass is 9.99. The Balaban J connectivity index is 2.09. The lowest BCUT2D eigenvalue weighted by Gasteiger charge is -2.11. The van der Waals surface area contributed by atoms with Crippen molar-refractivity contribution in [3.05, 3.63) is 59.3 Å². The van der Waals surface area contributed by atoms with Crippen molar-refractivity contribution in [2.75, 3.05) is 7.11 Å². The Hall–Kier alpha value is -2.72. The minimum atomic E-state index is -0.130. The number of ether oxygens (including phenoxy) is 1. The molecule has 0 aliphatic heterocycles. The van der Waals surface area contributed by atoms with Crippen LogP contribution in [0.5, 0.6) is 5.75 Å². The van der Waals surface area contributed by atoms with Gasteiger partial charge in [-0.1, -0.05) is 23.7 Å². The number of furan rings is 1. The normalized spacial score (nSPS) is 11.9. The van der Waals surface area contributed by atoms with Crippen molar-refractivity contribution >= 4 is 34.1 Å². The summed E-state index contributed by atoms with van der Waals surface area (Å²) in [5, 5.41) is 4.50. The molecule has 1 aromatic heterocycles. The summed E-state index contributed by atoms with van der Waals surface area (Å²) in [6, 6.07) is 11.5. The van der Waals surface area contributed by atoms with Crippen molar-refractivity contribution in [3.8, 4) is 16.9 Å². The number of methoxy groups -OCH3 is 1. The second kappa shape index (κ2) is 7.89. The van der Waals surface area contributed by atoms with Gasteiger partial charge >= 0.3 is 0 Å². The van der Waals surface area contributed by atoms with E-state index in [9.17, 15) is 4.79 Å². The molecular weight excluding hydrogens is 362 g/mol. The van der Waals surface area contributed by atoms with Crippen LogP contribution < -0.4 is 10.1 Å². The average Bonchev–Trinajstić information content (AvgIpc) is 3.03. The summed E-state index contributed by atoms with van der Waals surface area (Å²) in [6.45, 7) is 5.75. The zero-order valence-electron chi connectivity index (χ0n) is 15.8. The van der Waals surface area contributed by atoms with Gasteiger partial charge in [-0.25, -0.2) is 0 Å². The van der Waals surface area contributed by atoms with E-state index in [1.165, 1.54) is 0 Å². The molecule has 0 aliphatic rings. The number of hydrogen-bond donors (Lipinski definition) is 1. The van der Waals surface area contributed by atoms with Gasteiger partial charge in [0.15, 0.2) is 0 Å². The molecule has 0 spiro atoms. The molecule has 1 amide bonds. The Morgan fingerprint density at radius 2 is 1.93 bits per heavy atom. The Kier molecular flexibility index (Phi) is 5.57. The van der Waals surface area contributed by atoms with Gasteiger partial charge < -0.3 is 14.5 Å². The van der Waals surface area contributed by atoms with Gasteiger partial charge in [-0.15, -0.1) is 0 Å². The number of allylic oxidation sites excluding steroid dienone is 1. The second-order valence-electron chi connectivity index (χ2n) is 6.70. The molecule has 3 aromatic rings. The maximum Gasteiger partial charge on any atom is 0.244 e. The fourth-order valence-electron chi connectivity index (χ4n) is 2.99. The van der Waals surface area contributed by atoms with Crippen LogP contribution in [0.2, 0.25) is 5.02 Å². The summed E-state index contributed by atoms with van der Waals surface area (Å²) in [5.41, 5.74) is 4.36. The maximum atomic E-state index is 12.1. The first kappa shape index (κ1) is 19.1. The minimum absolute atomic E-state index is 0.0799. The predicted molar refractivity (Wildman–Crippen MR) is 110 cm³/mol. The van der Waals surface area contributed by atoms with Crippen molar-refractivity contribution in [1.82, 2.24) is 5.32 Å². The van der Waals surface area contributed by atoms with E-state index in [0.717, 1.165) is 33.2 Å². The summed E-state index contributed by atoms with van der Waals surface area (Å²) in [4.78, 5) is 12.1. The zero-order valence-corrected chi connectivity index (χ0v) is 16.6. The van der Waals surface area contributed by atoms with E-state index in [1.54, 1.807) is 19.4 Å². The molecule has 0 aliphatic carbocycles. The van der Waals surface area contributed by atoms with E-state index < -0.39 is 0 Å². The third kappa shape index (κ3) is 4.17. The van der Waals surface area contributed by atoms with E-state index >= 15 is 0 Å². The van der Waals surface area contributed by atoms with E-state index in [1.807, 2.05) is 57.2 Å². The van der Waals surface area contributed by atoms with E-state index in [2.05, 4.69) is 5.32 Å². The van der Waals surface area contributed by atoms with Crippen LogP contribution in [0.1, 0.15) is 26.3 Å². The highest BCUT2D eigenvalue weighted by atomic mass is 35.5. The highest BCUT2D eigenvalue weighted by Crippen LogP contribution is 2.37. The number of amides is 1. The lowest BCUT2D eigenvalue weighted by Crippen LogP contribution is -2.28. The highest BCUT2D eigenvalue weighted by Gasteiger charge is 2.15. The van der Waals surface area contributed by atoms with Crippen LogP contribution in [0.3, 0.4) is 0 Å². The molecule has 2 aromatic carbocycles. The van der Waals surface area contributed by atoms with Gasteiger partial charge in [-0.05, 0) is 50.1 Å². The van der Waals surface area contributed by atoms with Crippen LogP contribution in [-0.4, -0.2) is 19.1 Å². The predicted octanol–water partition coefficient (Wildman–Crippen LogP) is 5.69. The number of halogens is 1. The fourth-order valence-corrected chi connectivity index (χ4v) is 3.11. The van der Waals surface area contributed by atoms with Crippen molar-refractivity contribution in [2.24, 2.45) is 0 Å². The molecule has 1 N–H and O–H groups in total. The van der Waals surface area contributed by atoms with E-state index in [4.69, 9.17) is 20.8 Å². The smallest absolute Gasteiger partial charge is 0.244 e. The van der Waals surface area contributed by atoms with Crippen LogP contribution in [0, 0.1) is 0 Å². The second-order valence-corrected chi connectivity index (χ2v) is 7.13. The fraction of sp³-hybridized carbons (Fsp3) is 0.227. The van der Waals surface area contributed by atoms with Gasteiger partial charge in [0.05, 0.1) is 13.4 Å². The highest BCUT2D eigenvalue weighted by molar-refractivity contribution is 6.30. The lowest BCUT2D eigenvalue weighted by molar-refractivity contribution is -0.116. The summed E-state index contributed by atoms with van der Waals surface area (Å²) < 4.78 is 11.3. The average molecular weight is 384 g/mol. The first-order chi connectivity index (χ1) is 12.9. The Bertz CT molecular complexity index is 1000. The number of carbonyl (C=O) groups is 1. The van der Waals surface area contributed by atoms with Crippen molar-refractivity contribution in [1.29, 1.82) is 0 Å². The first-order valence-corrected chi connectivity index (χ1v) is 9.11. The number of nitrogens with one attached hydrogen (secondary N) is 1. The number of carbonyl (C=O) groups excluding carboxylic acids is 1. The summed E-state index contributed by atoms with van der Waals surface area (Å²) >= 11 is 6.00. The summed E-state index contributed by atoms with van der Waals surface area (Å²) in [7, 11) is 1.61. The standard InChI is InChI=1S/C22H22ClNO3/c1-13(2)24-22(25)9-14(3)17-10-18-19(15-5-7-16(23)8-6-15)12-27-21(18)11-20(17)26-4/h5-13H,1-4H3,(H,24,25)/b14-9+. The van der Waals surface area contributed by atoms with Gasteiger partial charge in [0.25, 0.3) is 0 Å². The third-order valence-corrected chi connectivity index (χ3v) is 4.51. The van der Waals surface area contributed by atoms with Gasteiger partial charge in [0, 0.05) is 39.7 Å². The Morgan fingerprint density at radius 3 is 2.56 bits per heavy atom. The van der Waals surface area contributed by atoms with Crippen molar-refractivity contribution < 1.29 is 13.9 Å². The largest absolute Gasteiger partial charge is 0.496 e. The first-order valence-electron chi connectivity index (χ1n) is 8.73. The molecule has 4 nitrogen and oxygen atoms in total. The van der Waals surface area contributed by atoms with E-state index in [-0.39, 0.29) is 11.9 Å². The van der Waals surface area contributed by atoms with Crippen LogP contribution in [-0.2, 0) is 4.79 Å². The minimum Gasteiger partial charge on any atom is -0.496 e. The third-order valence-electron chi connectivity index (χ3n) is 4.25. The van der Waals surface area contributed by atoms with Crippen LogP contribution in [0.15, 0.2) is 53.2 Å². The summed E-state index contributed by atoms with van der Waals surface area (Å²) in [5.74, 6) is 0.528. The maximum absolute atomic E-state index is 12.1. The Labute approximate surface area is 163 Å². The summed E-state index contributed by atoms with van der Waals surface area (Å²) in [6.07, 6.45) is 3.31. The number of hydrogen-bond acceptors (Lipinski definition) is 3. The number of rotatable bonds is 5. The molecule has 0 radical (unpaired) electrons. The molecule has 5 heteroatoms. The molecule has 0 saturated heterocycles. The van der Waals surface area contributed by atoms with Gasteiger partial charge in [-0.2, -0.15) is 0 Å². The van der Waals surface area contributed by atoms with E-state index in [0.29, 0.717) is 10.8 Å². The molecule has 1 heterocycles. The van der Waals surface area contributed by atoms with Crippen LogP contribution >= 0.6 is 11.6 Å².